The fraction of sp³-hybridized carbons (Fsp3) is 0.593. The lowest BCUT2D eigenvalue weighted by Crippen LogP contribution is -2.37. The Labute approximate surface area is 177 Å². The molecule has 2 aromatic rings. The monoisotopic (exact) mass is 390 g/mol. The van der Waals surface area contributed by atoms with E-state index in [4.69, 9.17) is 4.98 Å². The molecule has 1 saturated carbocycles. The first-order valence-electron chi connectivity index (χ1n) is 12.1. The van der Waals surface area contributed by atoms with E-state index in [0.717, 1.165) is 17.9 Å². The van der Waals surface area contributed by atoms with E-state index in [1.807, 2.05) is 0 Å². The molecule has 0 amide bonds. The van der Waals surface area contributed by atoms with Gasteiger partial charge in [-0.3, -0.25) is 4.98 Å². The highest BCUT2D eigenvalue weighted by Crippen LogP contribution is 2.29. The SMILES string of the molecule is Cc1nc2ccccc2c(CCCCN2CCC2)c1C/C=C/CCC1CCCC1. The Balaban J connectivity index is 1.41. The maximum Gasteiger partial charge on any atom is 0.0708 e. The summed E-state index contributed by atoms with van der Waals surface area (Å²) in [5.74, 6) is 0.991. The number of aromatic nitrogens is 1. The first kappa shape index (κ1) is 20.6. The number of likely N-dealkylation sites (tertiary alicyclic amines) is 1. The van der Waals surface area contributed by atoms with Crippen LogP contribution in [0.1, 0.15) is 74.6 Å². The van der Waals surface area contributed by atoms with Gasteiger partial charge >= 0.3 is 0 Å². The lowest BCUT2D eigenvalue weighted by molar-refractivity contribution is 0.178. The van der Waals surface area contributed by atoms with Crippen LogP contribution in [-0.2, 0) is 12.8 Å². The average Bonchev–Trinajstić information content (AvgIpc) is 3.21. The van der Waals surface area contributed by atoms with Crippen molar-refractivity contribution in [1.29, 1.82) is 0 Å². The van der Waals surface area contributed by atoms with E-state index >= 15 is 0 Å². The Morgan fingerprint density at radius 1 is 1.00 bits per heavy atom. The van der Waals surface area contributed by atoms with Gasteiger partial charge in [-0.15, -0.1) is 0 Å². The zero-order chi connectivity index (χ0) is 19.9. The Kier molecular flexibility index (Phi) is 7.38. The zero-order valence-corrected chi connectivity index (χ0v) is 18.3. The third kappa shape index (κ3) is 5.48. The van der Waals surface area contributed by atoms with Crippen molar-refractivity contribution in [2.75, 3.05) is 19.6 Å². The van der Waals surface area contributed by atoms with Crippen LogP contribution in [0, 0.1) is 12.8 Å². The van der Waals surface area contributed by atoms with Gasteiger partial charge in [0.2, 0.25) is 0 Å². The third-order valence-electron chi connectivity index (χ3n) is 7.12. The first-order chi connectivity index (χ1) is 14.3. The summed E-state index contributed by atoms with van der Waals surface area (Å²) >= 11 is 0. The van der Waals surface area contributed by atoms with Crippen LogP contribution < -0.4 is 0 Å². The maximum absolute atomic E-state index is 4.93. The van der Waals surface area contributed by atoms with Crippen molar-refractivity contribution >= 4 is 10.9 Å². The molecule has 1 aromatic carbocycles. The van der Waals surface area contributed by atoms with Crippen LogP contribution in [0.15, 0.2) is 36.4 Å². The Hall–Kier alpha value is -1.67. The molecule has 0 spiro atoms. The second-order valence-corrected chi connectivity index (χ2v) is 9.23. The summed E-state index contributed by atoms with van der Waals surface area (Å²) < 4.78 is 0. The van der Waals surface area contributed by atoms with Crippen molar-refractivity contribution in [2.24, 2.45) is 5.92 Å². The molecular weight excluding hydrogens is 352 g/mol. The van der Waals surface area contributed by atoms with Gasteiger partial charge in [0.1, 0.15) is 0 Å². The molecule has 0 bridgehead atoms. The standard InChI is InChI=1S/C27H38N2/c1-22-24(15-4-2-3-12-23-13-5-6-14-23)25(16-9-10-19-29-20-11-21-29)26-17-7-8-18-27(26)28-22/h2,4,7-8,17-18,23H,3,5-6,9-16,19-21H2,1H3/b4-2+. The minimum atomic E-state index is 0.991. The van der Waals surface area contributed by atoms with Gasteiger partial charge < -0.3 is 4.90 Å². The number of pyridine rings is 1. The number of para-hydroxylation sites is 1. The van der Waals surface area contributed by atoms with E-state index in [0.29, 0.717) is 0 Å². The Bertz CT molecular complexity index is 813. The number of nitrogens with zero attached hydrogens (tertiary/aromatic N) is 2. The highest BCUT2D eigenvalue weighted by molar-refractivity contribution is 5.83. The summed E-state index contributed by atoms with van der Waals surface area (Å²) in [6.07, 6.45) is 19.5. The number of fused-ring (bicyclic) bond motifs is 1. The van der Waals surface area contributed by atoms with Gasteiger partial charge in [-0.05, 0) is 94.6 Å². The smallest absolute Gasteiger partial charge is 0.0708 e. The van der Waals surface area contributed by atoms with Crippen LogP contribution in [0.5, 0.6) is 0 Å². The average molecular weight is 391 g/mol. The number of allylic oxidation sites excluding steroid dienone is 2. The molecule has 2 heteroatoms. The molecule has 0 atom stereocenters. The minimum Gasteiger partial charge on any atom is -0.303 e. The van der Waals surface area contributed by atoms with Gasteiger partial charge in [0.05, 0.1) is 5.52 Å². The lowest BCUT2D eigenvalue weighted by atomic mass is 9.93. The van der Waals surface area contributed by atoms with E-state index in [1.54, 1.807) is 5.56 Å². The molecule has 4 rings (SSSR count). The minimum absolute atomic E-state index is 0.991. The topological polar surface area (TPSA) is 16.1 Å². The van der Waals surface area contributed by atoms with Crippen LogP contribution in [0.25, 0.3) is 10.9 Å². The van der Waals surface area contributed by atoms with Crippen molar-refractivity contribution in [3.63, 3.8) is 0 Å². The predicted octanol–water partition coefficient (Wildman–Crippen LogP) is 6.64. The number of unbranched alkanes of at least 4 members (excludes halogenated alkanes) is 1. The third-order valence-corrected chi connectivity index (χ3v) is 7.12. The van der Waals surface area contributed by atoms with Crippen LogP contribution in [0.4, 0.5) is 0 Å². The van der Waals surface area contributed by atoms with Gasteiger partial charge in [-0.2, -0.15) is 0 Å². The first-order valence-corrected chi connectivity index (χ1v) is 12.1. The van der Waals surface area contributed by atoms with Gasteiger partial charge in [0, 0.05) is 11.1 Å². The summed E-state index contributed by atoms with van der Waals surface area (Å²) in [6, 6.07) is 8.74. The molecule has 0 unspecified atom stereocenters. The second kappa shape index (κ2) is 10.4. The summed E-state index contributed by atoms with van der Waals surface area (Å²) in [4.78, 5) is 7.52. The number of benzene rings is 1. The van der Waals surface area contributed by atoms with Crippen molar-refractivity contribution < 1.29 is 0 Å². The molecule has 0 N–H and O–H groups in total. The molecule has 0 radical (unpaired) electrons. The van der Waals surface area contributed by atoms with Crippen molar-refractivity contribution in [3.05, 3.63) is 53.2 Å². The van der Waals surface area contributed by atoms with Gasteiger partial charge in [0.25, 0.3) is 0 Å². The molecule has 1 saturated heterocycles. The quantitative estimate of drug-likeness (QED) is 0.334. The van der Waals surface area contributed by atoms with Crippen molar-refractivity contribution in [3.8, 4) is 0 Å². The number of aryl methyl sites for hydroxylation is 2. The van der Waals surface area contributed by atoms with E-state index in [2.05, 4.69) is 48.2 Å². The lowest BCUT2D eigenvalue weighted by Gasteiger charge is -2.30. The summed E-state index contributed by atoms with van der Waals surface area (Å²) in [5, 5.41) is 1.37. The van der Waals surface area contributed by atoms with Crippen LogP contribution in [0.2, 0.25) is 0 Å². The van der Waals surface area contributed by atoms with E-state index in [-0.39, 0.29) is 0 Å². The zero-order valence-electron chi connectivity index (χ0n) is 18.3. The van der Waals surface area contributed by atoms with E-state index in [9.17, 15) is 0 Å². The molecule has 29 heavy (non-hydrogen) atoms. The van der Waals surface area contributed by atoms with Crippen LogP contribution >= 0.6 is 0 Å². The van der Waals surface area contributed by atoms with Gasteiger partial charge in [-0.25, -0.2) is 0 Å². The number of hydrogen-bond donors (Lipinski definition) is 0. The normalized spacial score (nSPS) is 18.1. The fourth-order valence-corrected chi connectivity index (χ4v) is 5.20. The van der Waals surface area contributed by atoms with Crippen LogP contribution in [-0.4, -0.2) is 29.5 Å². The van der Waals surface area contributed by atoms with E-state index < -0.39 is 0 Å². The van der Waals surface area contributed by atoms with Gasteiger partial charge in [-0.1, -0.05) is 56.0 Å². The molecule has 1 aliphatic carbocycles. The molecule has 2 heterocycles. The molecule has 156 valence electrons. The Morgan fingerprint density at radius 2 is 1.83 bits per heavy atom. The maximum atomic E-state index is 4.93. The summed E-state index contributed by atoms with van der Waals surface area (Å²) in [6.45, 7) is 6.11. The van der Waals surface area contributed by atoms with Crippen molar-refractivity contribution in [2.45, 2.75) is 77.6 Å². The Morgan fingerprint density at radius 3 is 2.62 bits per heavy atom. The highest BCUT2D eigenvalue weighted by Gasteiger charge is 2.15. The summed E-state index contributed by atoms with van der Waals surface area (Å²) in [7, 11) is 0. The van der Waals surface area contributed by atoms with Crippen LogP contribution in [0.3, 0.4) is 0 Å². The molecule has 2 fully saturated rings. The summed E-state index contributed by atoms with van der Waals surface area (Å²) in [5.41, 5.74) is 5.42. The second-order valence-electron chi connectivity index (χ2n) is 9.23. The fourth-order valence-electron chi connectivity index (χ4n) is 5.20. The van der Waals surface area contributed by atoms with Gasteiger partial charge in [0.15, 0.2) is 0 Å². The molecular formula is C27H38N2. The molecule has 1 aromatic heterocycles. The van der Waals surface area contributed by atoms with E-state index in [1.165, 1.54) is 100 Å². The highest BCUT2D eigenvalue weighted by atomic mass is 15.2. The molecule has 1 aliphatic heterocycles. The number of rotatable bonds is 10. The molecule has 2 aliphatic rings. The largest absolute Gasteiger partial charge is 0.303 e. The van der Waals surface area contributed by atoms with Crippen molar-refractivity contribution in [1.82, 2.24) is 9.88 Å². The predicted molar refractivity (Wildman–Crippen MR) is 125 cm³/mol. The molecule has 2 nitrogen and oxygen atoms in total. The number of hydrogen-bond acceptors (Lipinski definition) is 2.